The van der Waals surface area contributed by atoms with Crippen LogP contribution in [0.1, 0.15) is 41.0 Å². The Morgan fingerprint density at radius 1 is 0.846 bits per heavy atom. The van der Waals surface area contributed by atoms with Gasteiger partial charge in [0.1, 0.15) is 0 Å². The first-order valence-corrected chi connectivity index (χ1v) is 11.6. The molecule has 26 heavy (non-hydrogen) atoms. The maximum atomic E-state index is 9.36. The van der Waals surface area contributed by atoms with E-state index in [9.17, 15) is 5.11 Å². The Kier molecular flexibility index (Phi) is 7.21. The summed E-state index contributed by atoms with van der Waals surface area (Å²) in [6.07, 6.45) is 0.981. The number of rotatable bonds is 8. The number of aliphatic hydroxyl groups excluding tert-OH is 1. The van der Waals surface area contributed by atoms with E-state index in [1.807, 2.05) is 0 Å². The van der Waals surface area contributed by atoms with Gasteiger partial charge in [0.15, 0.2) is 0 Å². The summed E-state index contributed by atoms with van der Waals surface area (Å²) in [4.78, 5) is 0. The summed E-state index contributed by atoms with van der Waals surface area (Å²) in [7, 11) is -2.44. The van der Waals surface area contributed by atoms with E-state index in [-0.39, 0.29) is 11.6 Å². The van der Waals surface area contributed by atoms with Crippen LogP contribution in [-0.2, 0) is 4.43 Å². The summed E-state index contributed by atoms with van der Waals surface area (Å²) in [6.45, 7) is 12.2. The molecule has 0 heterocycles. The van der Waals surface area contributed by atoms with E-state index < -0.39 is 8.32 Å². The summed E-state index contributed by atoms with van der Waals surface area (Å²) >= 11 is 0. The van der Waals surface area contributed by atoms with E-state index in [4.69, 9.17) is 4.43 Å². The van der Waals surface area contributed by atoms with Crippen molar-refractivity contribution in [3.8, 4) is 0 Å². The Morgan fingerprint density at radius 3 is 1.69 bits per heavy atom. The van der Waals surface area contributed by atoms with Crippen LogP contribution in [0.15, 0.2) is 60.7 Å². The lowest BCUT2D eigenvalue weighted by molar-refractivity contribution is 0.181. The Hall–Kier alpha value is -1.42. The van der Waals surface area contributed by atoms with Gasteiger partial charge in [-0.15, -0.1) is 0 Å². The minimum Gasteiger partial charge on any atom is -0.407 e. The lowest BCUT2D eigenvalue weighted by Crippen LogP contribution is -2.66. The van der Waals surface area contributed by atoms with Crippen molar-refractivity contribution >= 4 is 18.7 Å². The van der Waals surface area contributed by atoms with Crippen LogP contribution in [0.2, 0.25) is 5.04 Å². The fourth-order valence-corrected chi connectivity index (χ4v) is 8.55. The van der Waals surface area contributed by atoms with Gasteiger partial charge in [-0.3, -0.25) is 0 Å². The average molecular weight is 371 g/mol. The molecule has 1 N–H and O–H groups in total. The van der Waals surface area contributed by atoms with Gasteiger partial charge in [-0.2, -0.15) is 0 Å². The highest BCUT2D eigenvalue weighted by Gasteiger charge is 2.50. The first kappa shape index (κ1) is 20.9. The molecule has 2 nitrogen and oxygen atoms in total. The number of hydrogen-bond donors (Lipinski definition) is 1. The highest BCUT2D eigenvalue weighted by Crippen LogP contribution is 2.37. The Bertz CT molecular complexity index is 609. The van der Waals surface area contributed by atoms with Crippen molar-refractivity contribution in [2.45, 2.75) is 46.1 Å². The molecule has 0 unspecified atom stereocenters. The van der Waals surface area contributed by atoms with Gasteiger partial charge in [0.2, 0.25) is 0 Å². The molecule has 0 fully saturated rings. The predicted molar refractivity (Wildman–Crippen MR) is 114 cm³/mol. The van der Waals surface area contributed by atoms with Crippen molar-refractivity contribution in [2.24, 2.45) is 11.8 Å². The van der Waals surface area contributed by atoms with Gasteiger partial charge < -0.3 is 9.53 Å². The summed E-state index contributed by atoms with van der Waals surface area (Å²) in [5.74, 6) is 0.728. The topological polar surface area (TPSA) is 29.5 Å². The third-order valence-corrected chi connectivity index (χ3v) is 10.1. The Morgan fingerprint density at radius 2 is 1.31 bits per heavy atom. The van der Waals surface area contributed by atoms with Gasteiger partial charge in [0.25, 0.3) is 8.32 Å². The third-order valence-electron chi connectivity index (χ3n) is 5.12. The molecule has 2 aromatic carbocycles. The van der Waals surface area contributed by atoms with Crippen molar-refractivity contribution in [3.63, 3.8) is 0 Å². The minimum atomic E-state index is -2.44. The van der Waals surface area contributed by atoms with Crippen LogP contribution >= 0.6 is 0 Å². The lowest BCUT2D eigenvalue weighted by atomic mass is 9.99. The zero-order valence-corrected chi connectivity index (χ0v) is 17.9. The minimum absolute atomic E-state index is 0.0119. The van der Waals surface area contributed by atoms with E-state index in [2.05, 4.69) is 95.3 Å². The average Bonchev–Trinajstić information content (AvgIpc) is 2.62. The molecular weight excluding hydrogens is 336 g/mol. The van der Waals surface area contributed by atoms with Gasteiger partial charge >= 0.3 is 0 Å². The van der Waals surface area contributed by atoms with Crippen LogP contribution in [0.3, 0.4) is 0 Å². The standard InChI is InChI=1S/C23H34O2Si/c1-19(17-24)16-20(2)18-25-26(23(3,4)5,21-12-8-6-9-13-21)22-14-10-7-11-15-22/h6-15,19-20,24H,16-18H2,1-5H3/t19-,20-/m0/s1. The summed E-state index contributed by atoms with van der Waals surface area (Å²) in [6, 6.07) is 21.5. The molecule has 0 aliphatic heterocycles. The zero-order chi connectivity index (χ0) is 19.2. The molecular formula is C23H34O2Si. The SMILES string of the molecule is C[C@H](CO)C[C@H](C)CO[Si](c1ccccc1)(c1ccccc1)C(C)(C)C. The first-order chi connectivity index (χ1) is 12.3. The van der Waals surface area contributed by atoms with Crippen molar-refractivity contribution in [1.29, 1.82) is 0 Å². The van der Waals surface area contributed by atoms with Crippen LogP contribution in [0, 0.1) is 11.8 Å². The van der Waals surface area contributed by atoms with Gasteiger partial charge in [0.05, 0.1) is 0 Å². The summed E-state index contributed by atoms with van der Waals surface area (Å²) in [5, 5.41) is 12.0. The molecule has 0 aromatic heterocycles. The largest absolute Gasteiger partial charge is 0.407 e. The van der Waals surface area contributed by atoms with E-state index in [0.29, 0.717) is 11.8 Å². The second-order valence-electron chi connectivity index (χ2n) is 8.60. The van der Waals surface area contributed by atoms with E-state index in [1.54, 1.807) is 0 Å². The molecule has 142 valence electrons. The summed E-state index contributed by atoms with van der Waals surface area (Å²) < 4.78 is 6.93. The fourth-order valence-electron chi connectivity index (χ4n) is 3.86. The number of hydrogen-bond acceptors (Lipinski definition) is 2. The van der Waals surface area contributed by atoms with E-state index >= 15 is 0 Å². The highest BCUT2D eigenvalue weighted by molar-refractivity contribution is 6.99. The fraction of sp³-hybridized carbons (Fsp3) is 0.478. The van der Waals surface area contributed by atoms with Crippen molar-refractivity contribution < 1.29 is 9.53 Å². The Balaban J connectivity index is 2.44. The van der Waals surface area contributed by atoms with E-state index in [0.717, 1.165) is 13.0 Å². The molecule has 2 aromatic rings. The number of aliphatic hydroxyl groups is 1. The molecule has 0 bridgehead atoms. The molecule has 0 amide bonds. The monoisotopic (exact) mass is 370 g/mol. The second kappa shape index (κ2) is 8.98. The third kappa shape index (κ3) is 4.64. The molecule has 2 rings (SSSR count). The maximum absolute atomic E-state index is 9.36. The van der Waals surface area contributed by atoms with Crippen molar-refractivity contribution in [2.75, 3.05) is 13.2 Å². The molecule has 0 aliphatic rings. The molecule has 0 saturated carbocycles. The quantitative estimate of drug-likeness (QED) is 0.705. The summed E-state index contributed by atoms with van der Waals surface area (Å²) in [5.41, 5.74) is 0. The molecule has 2 atom stereocenters. The first-order valence-electron chi connectivity index (χ1n) is 9.67. The van der Waals surface area contributed by atoms with E-state index in [1.165, 1.54) is 10.4 Å². The van der Waals surface area contributed by atoms with Gasteiger partial charge in [-0.25, -0.2) is 0 Å². The molecule has 3 heteroatoms. The molecule has 0 spiro atoms. The molecule has 0 saturated heterocycles. The smallest absolute Gasteiger partial charge is 0.261 e. The van der Waals surface area contributed by atoms with Crippen molar-refractivity contribution in [1.82, 2.24) is 0 Å². The zero-order valence-electron chi connectivity index (χ0n) is 16.9. The number of benzene rings is 2. The van der Waals surface area contributed by atoms with Crippen LogP contribution in [0.25, 0.3) is 0 Å². The van der Waals surface area contributed by atoms with Crippen LogP contribution < -0.4 is 10.4 Å². The lowest BCUT2D eigenvalue weighted by Gasteiger charge is -2.43. The normalized spacial score (nSPS) is 14.8. The van der Waals surface area contributed by atoms with Crippen LogP contribution in [-0.4, -0.2) is 26.6 Å². The van der Waals surface area contributed by atoms with Gasteiger partial charge in [0, 0.05) is 13.2 Å². The highest BCUT2D eigenvalue weighted by atomic mass is 28.4. The van der Waals surface area contributed by atoms with Gasteiger partial charge in [-0.05, 0) is 33.7 Å². The molecule has 0 radical (unpaired) electrons. The maximum Gasteiger partial charge on any atom is 0.261 e. The second-order valence-corrected chi connectivity index (χ2v) is 12.9. The Labute approximate surface area is 160 Å². The van der Waals surface area contributed by atoms with Crippen molar-refractivity contribution in [3.05, 3.63) is 60.7 Å². The predicted octanol–water partition coefficient (Wildman–Crippen LogP) is 4.22. The van der Waals surface area contributed by atoms with Crippen LogP contribution in [0.4, 0.5) is 0 Å². The molecule has 0 aliphatic carbocycles. The van der Waals surface area contributed by atoms with Crippen LogP contribution in [0.5, 0.6) is 0 Å². The van der Waals surface area contributed by atoms with Gasteiger partial charge in [-0.1, -0.05) is 95.3 Å².